The zero-order chi connectivity index (χ0) is 21.8. The quantitative estimate of drug-likeness (QED) is 0.332. The van der Waals surface area contributed by atoms with Crippen LogP contribution in [0.4, 0.5) is 0 Å². The van der Waals surface area contributed by atoms with Gasteiger partial charge < -0.3 is 19.5 Å². The van der Waals surface area contributed by atoms with Crippen LogP contribution >= 0.6 is 0 Å². The van der Waals surface area contributed by atoms with Crippen LogP contribution in [0.5, 0.6) is 11.5 Å². The van der Waals surface area contributed by atoms with E-state index < -0.39 is 11.9 Å². The number of carbonyl (C=O) groups is 2. The second-order valence-electron chi connectivity index (χ2n) is 6.65. The summed E-state index contributed by atoms with van der Waals surface area (Å²) in [6.07, 6.45) is 4.30. The molecule has 2 rings (SSSR count). The molecule has 1 amide bonds. The van der Waals surface area contributed by atoms with Gasteiger partial charge in [-0.25, -0.2) is 4.79 Å². The Morgan fingerprint density at radius 2 is 1.57 bits per heavy atom. The lowest BCUT2D eigenvalue weighted by molar-refractivity contribution is -0.139. The smallest absolute Gasteiger partial charge is 0.354 e. The standard InChI is InChI=1S/C24H29NO5/c1-4-6-16-29-21-13-9-19(10-14-21)23(26)25-22(24(27)30-15-5-2)17-18-7-11-20(28-3)12-8-18/h7-14,17H,4-6,15-16H2,1-3H3,(H,25,26). The number of benzene rings is 2. The molecule has 0 aromatic heterocycles. The van der Waals surface area contributed by atoms with Crippen LogP contribution in [0.2, 0.25) is 0 Å². The normalized spacial score (nSPS) is 11.0. The number of carbonyl (C=O) groups excluding carboxylic acids is 2. The van der Waals surface area contributed by atoms with E-state index in [-0.39, 0.29) is 12.3 Å². The van der Waals surface area contributed by atoms with Crippen LogP contribution in [-0.4, -0.2) is 32.2 Å². The molecule has 0 fully saturated rings. The Morgan fingerprint density at radius 3 is 2.17 bits per heavy atom. The molecular formula is C24H29NO5. The Balaban J connectivity index is 2.14. The van der Waals surface area contributed by atoms with Gasteiger partial charge in [-0.1, -0.05) is 32.4 Å². The summed E-state index contributed by atoms with van der Waals surface area (Å²) in [6, 6.07) is 14.0. The van der Waals surface area contributed by atoms with Crippen molar-refractivity contribution in [2.75, 3.05) is 20.3 Å². The van der Waals surface area contributed by atoms with E-state index in [1.54, 1.807) is 61.7 Å². The summed E-state index contributed by atoms with van der Waals surface area (Å²) in [6.45, 7) is 4.92. The van der Waals surface area contributed by atoms with Gasteiger partial charge in [0, 0.05) is 5.56 Å². The average molecular weight is 411 g/mol. The molecule has 0 unspecified atom stereocenters. The van der Waals surface area contributed by atoms with Crippen LogP contribution in [0.1, 0.15) is 49.0 Å². The van der Waals surface area contributed by atoms with Crippen molar-refractivity contribution >= 4 is 18.0 Å². The number of amides is 1. The van der Waals surface area contributed by atoms with E-state index in [1.807, 2.05) is 6.92 Å². The van der Waals surface area contributed by atoms with E-state index in [2.05, 4.69) is 12.2 Å². The molecule has 0 radical (unpaired) electrons. The highest BCUT2D eigenvalue weighted by molar-refractivity contribution is 6.03. The summed E-state index contributed by atoms with van der Waals surface area (Å²) in [4.78, 5) is 25.1. The molecule has 1 N–H and O–H groups in total. The molecule has 0 saturated carbocycles. The van der Waals surface area contributed by atoms with Crippen molar-refractivity contribution in [2.24, 2.45) is 0 Å². The number of nitrogens with one attached hydrogen (secondary N) is 1. The highest BCUT2D eigenvalue weighted by Gasteiger charge is 2.16. The highest BCUT2D eigenvalue weighted by Crippen LogP contribution is 2.16. The maximum Gasteiger partial charge on any atom is 0.354 e. The van der Waals surface area contributed by atoms with Crippen LogP contribution in [0.25, 0.3) is 6.08 Å². The van der Waals surface area contributed by atoms with Gasteiger partial charge in [0.15, 0.2) is 0 Å². The number of hydrogen-bond acceptors (Lipinski definition) is 5. The van der Waals surface area contributed by atoms with Gasteiger partial charge in [-0.15, -0.1) is 0 Å². The number of esters is 1. The number of methoxy groups -OCH3 is 1. The van der Waals surface area contributed by atoms with Crippen molar-refractivity contribution in [1.82, 2.24) is 5.32 Å². The zero-order valence-corrected chi connectivity index (χ0v) is 17.8. The molecule has 0 aliphatic rings. The van der Waals surface area contributed by atoms with E-state index in [1.165, 1.54) is 0 Å². The molecule has 0 spiro atoms. The predicted molar refractivity (Wildman–Crippen MR) is 117 cm³/mol. The lowest BCUT2D eigenvalue weighted by atomic mass is 10.1. The summed E-state index contributed by atoms with van der Waals surface area (Å²) in [5.74, 6) is 0.424. The first-order valence-corrected chi connectivity index (χ1v) is 10.1. The number of ether oxygens (including phenoxy) is 3. The zero-order valence-electron chi connectivity index (χ0n) is 17.8. The van der Waals surface area contributed by atoms with Gasteiger partial charge in [0.2, 0.25) is 0 Å². The Morgan fingerprint density at radius 1 is 0.900 bits per heavy atom. The topological polar surface area (TPSA) is 73.9 Å². The van der Waals surface area contributed by atoms with E-state index >= 15 is 0 Å². The van der Waals surface area contributed by atoms with E-state index in [9.17, 15) is 9.59 Å². The molecule has 0 aliphatic heterocycles. The minimum atomic E-state index is -0.583. The molecule has 0 saturated heterocycles. The van der Waals surface area contributed by atoms with Crippen molar-refractivity contribution in [1.29, 1.82) is 0 Å². The first-order chi connectivity index (χ1) is 14.6. The van der Waals surface area contributed by atoms with Gasteiger partial charge in [-0.2, -0.15) is 0 Å². The monoisotopic (exact) mass is 411 g/mol. The molecule has 30 heavy (non-hydrogen) atoms. The van der Waals surface area contributed by atoms with Gasteiger partial charge in [-0.05, 0) is 60.9 Å². The van der Waals surface area contributed by atoms with Crippen molar-refractivity contribution < 1.29 is 23.8 Å². The number of hydrogen-bond donors (Lipinski definition) is 1. The Labute approximate surface area is 177 Å². The van der Waals surface area contributed by atoms with Crippen molar-refractivity contribution in [3.63, 3.8) is 0 Å². The molecule has 0 atom stereocenters. The Kier molecular flexibility index (Phi) is 9.45. The molecular weight excluding hydrogens is 382 g/mol. The summed E-state index contributed by atoms with van der Waals surface area (Å²) in [5, 5.41) is 2.67. The maximum atomic E-state index is 12.7. The fraction of sp³-hybridized carbons (Fsp3) is 0.333. The molecule has 2 aromatic carbocycles. The molecule has 0 aliphatic carbocycles. The number of unbranched alkanes of at least 4 members (excludes halogenated alkanes) is 1. The minimum absolute atomic E-state index is 0.0712. The van der Waals surface area contributed by atoms with Gasteiger partial charge in [0.25, 0.3) is 5.91 Å². The fourth-order valence-corrected chi connectivity index (χ4v) is 2.52. The Hall–Kier alpha value is -3.28. The van der Waals surface area contributed by atoms with E-state index in [0.29, 0.717) is 30.1 Å². The van der Waals surface area contributed by atoms with Crippen molar-refractivity contribution in [3.05, 3.63) is 65.4 Å². The third-order valence-corrected chi connectivity index (χ3v) is 4.22. The predicted octanol–water partition coefficient (Wildman–Crippen LogP) is 4.60. The van der Waals surface area contributed by atoms with Crippen molar-refractivity contribution in [2.45, 2.75) is 33.1 Å². The van der Waals surface area contributed by atoms with Gasteiger partial charge in [0.1, 0.15) is 17.2 Å². The third kappa shape index (κ3) is 7.28. The largest absolute Gasteiger partial charge is 0.497 e. The summed E-state index contributed by atoms with van der Waals surface area (Å²) < 4.78 is 16.0. The van der Waals surface area contributed by atoms with Crippen molar-refractivity contribution in [3.8, 4) is 11.5 Å². The summed E-state index contributed by atoms with van der Waals surface area (Å²) in [5.41, 5.74) is 1.22. The first-order valence-electron chi connectivity index (χ1n) is 10.1. The van der Waals surface area contributed by atoms with Crippen LogP contribution < -0.4 is 14.8 Å². The van der Waals surface area contributed by atoms with E-state index in [4.69, 9.17) is 14.2 Å². The van der Waals surface area contributed by atoms with Crippen LogP contribution in [0.15, 0.2) is 54.2 Å². The Bertz CT molecular complexity index is 841. The molecule has 160 valence electrons. The summed E-state index contributed by atoms with van der Waals surface area (Å²) >= 11 is 0. The van der Waals surface area contributed by atoms with Crippen LogP contribution in [-0.2, 0) is 9.53 Å². The highest BCUT2D eigenvalue weighted by atomic mass is 16.5. The molecule has 0 heterocycles. The average Bonchev–Trinajstić information content (AvgIpc) is 2.78. The minimum Gasteiger partial charge on any atom is -0.497 e. The lowest BCUT2D eigenvalue weighted by Crippen LogP contribution is -2.28. The van der Waals surface area contributed by atoms with Crippen LogP contribution in [0.3, 0.4) is 0 Å². The summed E-state index contributed by atoms with van der Waals surface area (Å²) in [7, 11) is 1.58. The van der Waals surface area contributed by atoms with E-state index in [0.717, 1.165) is 18.4 Å². The van der Waals surface area contributed by atoms with Gasteiger partial charge >= 0.3 is 5.97 Å². The molecule has 2 aromatic rings. The van der Waals surface area contributed by atoms with Crippen LogP contribution in [0, 0.1) is 0 Å². The lowest BCUT2D eigenvalue weighted by Gasteiger charge is -2.11. The maximum absolute atomic E-state index is 12.7. The van der Waals surface area contributed by atoms with Gasteiger partial charge in [-0.3, -0.25) is 4.79 Å². The molecule has 0 bridgehead atoms. The number of rotatable bonds is 11. The second-order valence-corrected chi connectivity index (χ2v) is 6.65. The third-order valence-electron chi connectivity index (χ3n) is 4.22. The second kappa shape index (κ2) is 12.3. The first kappa shape index (κ1) is 23.0. The van der Waals surface area contributed by atoms with Gasteiger partial charge in [0.05, 0.1) is 20.3 Å². The fourth-order valence-electron chi connectivity index (χ4n) is 2.52. The molecule has 6 nitrogen and oxygen atoms in total. The molecule has 6 heteroatoms. The SMILES string of the molecule is CCCCOc1ccc(C(=O)NC(=Cc2ccc(OC)cc2)C(=O)OCCC)cc1.